The van der Waals surface area contributed by atoms with Crippen molar-refractivity contribution in [3.8, 4) is 0 Å². The molecule has 1 aliphatic rings. The van der Waals surface area contributed by atoms with Crippen molar-refractivity contribution in [2.45, 2.75) is 186 Å². The third-order valence-electron chi connectivity index (χ3n) is 9.12. The summed E-state index contributed by atoms with van der Waals surface area (Å²) in [4.78, 5) is 34.9. The Kier molecular flexibility index (Phi) is 32.5. The van der Waals surface area contributed by atoms with Crippen LogP contribution in [0, 0.1) is 0 Å². The molecule has 1 heterocycles. The average molecular weight is 798 g/mol. The van der Waals surface area contributed by atoms with E-state index in [9.17, 15) is 24.2 Å². The first-order valence-electron chi connectivity index (χ1n) is 21.3. The minimum atomic E-state index is -4.42. The molecule has 1 rings (SSSR count). The number of phosphoric acid groups is 1. The number of hydrogen-bond acceptors (Lipinski definition) is 10. The summed E-state index contributed by atoms with van der Waals surface area (Å²) < 4.78 is 38.3. The Morgan fingerprint density at radius 3 is 1.98 bits per heavy atom. The van der Waals surface area contributed by atoms with Crippen LogP contribution in [-0.4, -0.2) is 72.7 Å². The van der Waals surface area contributed by atoms with Gasteiger partial charge in [-0.05, 0) is 70.6 Å². The molecule has 0 aromatic carbocycles. The zero-order valence-electron chi connectivity index (χ0n) is 34.2. The number of esters is 2. The first-order valence-corrected chi connectivity index (χ1v) is 22.8. The van der Waals surface area contributed by atoms with Gasteiger partial charge in [0.1, 0.15) is 12.7 Å². The third kappa shape index (κ3) is 32.7. The van der Waals surface area contributed by atoms with Gasteiger partial charge in [0.15, 0.2) is 6.10 Å². The van der Waals surface area contributed by atoms with Gasteiger partial charge in [-0.1, -0.05) is 127 Å². The molecule has 55 heavy (non-hydrogen) atoms. The van der Waals surface area contributed by atoms with Crippen molar-refractivity contribution >= 4 is 19.8 Å². The van der Waals surface area contributed by atoms with E-state index in [1.165, 1.54) is 64.2 Å². The van der Waals surface area contributed by atoms with Crippen LogP contribution in [0.15, 0.2) is 48.6 Å². The van der Waals surface area contributed by atoms with E-state index in [1.807, 2.05) is 18.2 Å². The summed E-state index contributed by atoms with van der Waals surface area (Å²) in [6, 6.07) is 0. The van der Waals surface area contributed by atoms with E-state index in [0.29, 0.717) is 25.7 Å². The first kappa shape index (κ1) is 50.9. The molecule has 0 bridgehead atoms. The van der Waals surface area contributed by atoms with E-state index in [1.54, 1.807) is 6.08 Å². The fourth-order valence-corrected chi connectivity index (χ4v) is 6.52. The molecule has 0 amide bonds. The Balaban J connectivity index is 2.28. The lowest BCUT2D eigenvalue weighted by atomic mass is 10.1. The van der Waals surface area contributed by atoms with Gasteiger partial charge in [0.05, 0.1) is 25.4 Å². The Morgan fingerprint density at radius 2 is 1.29 bits per heavy atom. The number of aliphatic hydroxyl groups is 1. The molecule has 0 aromatic rings. The molecule has 0 aliphatic carbocycles. The normalized spacial score (nSPS) is 18.1. The Hall–Kier alpha value is -2.11. The average Bonchev–Trinajstić information content (AvgIpc) is 3.93. The number of carbonyl (C=O) groups excluding carboxylic acids is 2. The Bertz CT molecular complexity index is 1130. The summed E-state index contributed by atoms with van der Waals surface area (Å²) in [5.41, 5.74) is 5.33. The van der Waals surface area contributed by atoms with Gasteiger partial charge in [0.25, 0.3) is 0 Å². The van der Waals surface area contributed by atoms with Crippen LogP contribution in [-0.2, 0) is 37.4 Å². The van der Waals surface area contributed by atoms with Gasteiger partial charge < -0.3 is 29.9 Å². The van der Waals surface area contributed by atoms with Gasteiger partial charge >= 0.3 is 19.8 Å². The highest BCUT2D eigenvalue weighted by Gasteiger charge is 2.35. The molecule has 0 saturated carbocycles. The molecular formula is C43H76NO10P. The Labute approximate surface area is 333 Å². The van der Waals surface area contributed by atoms with E-state index < -0.39 is 38.6 Å². The lowest BCUT2D eigenvalue weighted by Crippen LogP contribution is -2.29. The summed E-state index contributed by atoms with van der Waals surface area (Å²) in [7, 11) is -4.42. The Morgan fingerprint density at radius 1 is 0.727 bits per heavy atom. The van der Waals surface area contributed by atoms with E-state index in [2.05, 4.69) is 38.2 Å². The lowest BCUT2D eigenvalue weighted by molar-refractivity contribution is -0.161. The van der Waals surface area contributed by atoms with Crippen LogP contribution in [0.3, 0.4) is 0 Å². The van der Waals surface area contributed by atoms with Crippen LogP contribution in [0.4, 0.5) is 0 Å². The van der Waals surface area contributed by atoms with Crippen LogP contribution in [0.5, 0.6) is 0 Å². The predicted molar refractivity (Wildman–Crippen MR) is 220 cm³/mol. The molecule has 5 atom stereocenters. The van der Waals surface area contributed by atoms with Gasteiger partial charge in [-0.15, -0.1) is 0 Å². The molecule has 1 saturated heterocycles. The van der Waals surface area contributed by atoms with Gasteiger partial charge in [-0.2, -0.15) is 0 Å². The standard InChI is InChI=1S/C43H76NO10P/c1-3-5-7-9-11-12-13-14-15-16-17-18-19-21-26-30-42(46)50-36-39(37-52-55(48,49)51-35-34-44)53-43(47)31-27-23-22-24-28-38(45)32-33-41-40(54-41)29-25-20-10-8-6-4-2/h14-15,20,22,24-25,32-33,38-41,45H,3-13,16-19,21,23,26-31,34-37,44H2,1-2H3,(H,48,49)/b15-14-,24-22+,25-20+,33-32-. The number of allylic oxidation sites excluding steroid dienone is 4. The zero-order valence-corrected chi connectivity index (χ0v) is 35.1. The van der Waals surface area contributed by atoms with Gasteiger partial charge in [0.2, 0.25) is 0 Å². The number of epoxide rings is 1. The van der Waals surface area contributed by atoms with Crippen LogP contribution < -0.4 is 5.73 Å². The molecule has 4 N–H and O–H groups in total. The summed E-state index contributed by atoms with van der Waals surface area (Å²) >= 11 is 0. The highest BCUT2D eigenvalue weighted by Crippen LogP contribution is 2.43. The first-order chi connectivity index (χ1) is 26.7. The van der Waals surface area contributed by atoms with Crippen LogP contribution in [0.2, 0.25) is 0 Å². The molecule has 0 radical (unpaired) electrons. The second-order valence-electron chi connectivity index (χ2n) is 14.4. The molecule has 5 unspecified atom stereocenters. The number of rotatable bonds is 38. The highest BCUT2D eigenvalue weighted by atomic mass is 31.2. The van der Waals surface area contributed by atoms with Crippen LogP contribution >= 0.6 is 7.82 Å². The molecule has 318 valence electrons. The number of unbranched alkanes of at least 4 members (excludes halogenated alkanes) is 15. The minimum Gasteiger partial charge on any atom is -0.462 e. The number of phosphoric ester groups is 1. The number of aliphatic hydroxyl groups excluding tert-OH is 1. The topological polar surface area (TPSA) is 167 Å². The van der Waals surface area contributed by atoms with Crippen molar-refractivity contribution in [1.29, 1.82) is 0 Å². The number of hydrogen-bond donors (Lipinski definition) is 3. The fourth-order valence-electron chi connectivity index (χ4n) is 5.75. The summed E-state index contributed by atoms with van der Waals surface area (Å²) in [5, 5.41) is 10.3. The molecule has 1 fully saturated rings. The van der Waals surface area contributed by atoms with E-state index in [-0.39, 0.29) is 44.8 Å². The van der Waals surface area contributed by atoms with Crippen molar-refractivity contribution in [3.05, 3.63) is 48.6 Å². The second-order valence-corrected chi connectivity index (χ2v) is 15.9. The van der Waals surface area contributed by atoms with Crippen molar-refractivity contribution in [2.24, 2.45) is 5.73 Å². The van der Waals surface area contributed by atoms with E-state index in [4.69, 9.17) is 29.0 Å². The van der Waals surface area contributed by atoms with Crippen LogP contribution in [0.25, 0.3) is 0 Å². The van der Waals surface area contributed by atoms with Crippen molar-refractivity contribution in [2.75, 3.05) is 26.4 Å². The van der Waals surface area contributed by atoms with Crippen molar-refractivity contribution in [3.63, 3.8) is 0 Å². The zero-order chi connectivity index (χ0) is 40.2. The molecule has 0 aromatic heterocycles. The maximum absolute atomic E-state index is 12.6. The number of nitrogens with two attached hydrogens (primary N) is 1. The van der Waals surface area contributed by atoms with Crippen LogP contribution in [0.1, 0.15) is 162 Å². The maximum atomic E-state index is 12.6. The second kappa shape index (κ2) is 35.1. The largest absolute Gasteiger partial charge is 0.472 e. The summed E-state index contributed by atoms with van der Waals surface area (Å²) in [6.45, 7) is 3.49. The van der Waals surface area contributed by atoms with E-state index >= 15 is 0 Å². The molecule has 0 spiro atoms. The lowest BCUT2D eigenvalue weighted by Gasteiger charge is -2.19. The number of ether oxygens (including phenoxy) is 3. The summed E-state index contributed by atoms with van der Waals surface area (Å²) in [5.74, 6) is -0.981. The van der Waals surface area contributed by atoms with Gasteiger partial charge in [-0.3, -0.25) is 18.6 Å². The summed E-state index contributed by atoms with van der Waals surface area (Å²) in [6.07, 6.45) is 37.6. The molecule has 1 aliphatic heterocycles. The molecular weight excluding hydrogens is 721 g/mol. The molecule has 12 heteroatoms. The van der Waals surface area contributed by atoms with E-state index in [0.717, 1.165) is 44.9 Å². The fraction of sp³-hybridized carbons (Fsp3) is 0.767. The van der Waals surface area contributed by atoms with Gasteiger partial charge in [-0.25, -0.2) is 4.57 Å². The monoisotopic (exact) mass is 798 g/mol. The third-order valence-corrected chi connectivity index (χ3v) is 10.1. The molecule has 11 nitrogen and oxygen atoms in total. The smallest absolute Gasteiger partial charge is 0.462 e. The van der Waals surface area contributed by atoms with Gasteiger partial charge in [0, 0.05) is 19.4 Å². The number of carbonyl (C=O) groups is 2. The maximum Gasteiger partial charge on any atom is 0.472 e. The minimum absolute atomic E-state index is 0.0254. The van der Waals surface area contributed by atoms with Crippen molar-refractivity contribution in [1.82, 2.24) is 0 Å². The highest BCUT2D eigenvalue weighted by molar-refractivity contribution is 7.47. The quantitative estimate of drug-likeness (QED) is 0.0179. The van der Waals surface area contributed by atoms with Crippen molar-refractivity contribution < 1.29 is 47.4 Å². The SMILES string of the molecule is CCCCC/C=C/CC1OC1/C=C\C(O)C/C=C/CCCC(=O)OC(COC(=O)CCCCCCC/C=C\CCCCCCCC)COP(=O)(O)OCCN. The predicted octanol–water partition coefficient (Wildman–Crippen LogP) is 9.90.